The van der Waals surface area contributed by atoms with Crippen molar-refractivity contribution >= 4 is 35.1 Å². The van der Waals surface area contributed by atoms with E-state index in [-0.39, 0.29) is 11.2 Å². The summed E-state index contributed by atoms with van der Waals surface area (Å²) in [5.74, 6) is 1.29. The Kier molecular flexibility index (Phi) is 3.88. The van der Waals surface area contributed by atoms with Gasteiger partial charge in [0.2, 0.25) is 5.91 Å². The lowest BCUT2D eigenvalue weighted by molar-refractivity contribution is -0.117. The fourth-order valence-electron chi connectivity index (χ4n) is 3.31. The van der Waals surface area contributed by atoms with Gasteiger partial charge in [-0.1, -0.05) is 11.6 Å². The van der Waals surface area contributed by atoms with Crippen LogP contribution in [-0.2, 0) is 11.8 Å². The van der Waals surface area contributed by atoms with Crippen molar-refractivity contribution in [2.45, 2.75) is 49.5 Å². The van der Waals surface area contributed by atoms with Crippen molar-refractivity contribution in [1.29, 1.82) is 0 Å². The molecule has 4 rings (SSSR count). The van der Waals surface area contributed by atoms with Crippen molar-refractivity contribution in [1.82, 2.24) is 14.8 Å². The third kappa shape index (κ3) is 2.85. The van der Waals surface area contributed by atoms with E-state index in [1.165, 1.54) is 0 Å². The van der Waals surface area contributed by atoms with E-state index in [0.29, 0.717) is 10.9 Å². The molecule has 1 aliphatic carbocycles. The molecule has 0 bridgehead atoms. The molecular formula is C18H21ClN4OS. The molecule has 132 valence electrons. The van der Waals surface area contributed by atoms with Crippen LogP contribution in [0.3, 0.4) is 0 Å². The molecule has 1 N–H and O–H groups in total. The number of fused-ring (bicyclic) bond motifs is 1. The third-order valence-electron chi connectivity index (χ3n) is 4.86. The summed E-state index contributed by atoms with van der Waals surface area (Å²) < 4.78 is 1.24. The molecule has 1 atom stereocenters. The van der Waals surface area contributed by atoms with Gasteiger partial charge in [-0.2, -0.15) is 5.10 Å². The van der Waals surface area contributed by atoms with E-state index >= 15 is 0 Å². The monoisotopic (exact) mass is 376 g/mol. The lowest BCUT2D eigenvalue weighted by Crippen LogP contribution is -2.33. The normalized spacial score (nSPS) is 22.3. The Hall–Kier alpha value is -1.53. The molecule has 2 aromatic rings. The second-order valence-corrected chi connectivity index (χ2v) is 9.53. The summed E-state index contributed by atoms with van der Waals surface area (Å²) in [6.07, 6.45) is 4.00. The fraction of sp³-hybridized carbons (Fsp3) is 0.500. The standard InChI is InChI=1S/C18H21ClN4OS/c1-9-7-11(19)8-20-13(9)15-12-14(10-5-6-10)22-23(4)16(12)21-17(24)18(2,3)25-15/h7-8,10,15H,5-6H2,1-4H3,(H,21,24). The number of hydrogen-bond acceptors (Lipinski definition) is 4. The van der Waals surface area contributed by atoms with Gasteiger partial charge in [-0.05, 0) is 45.2 Å². The van der Waals surface area contributed by atoms with Gasteiger partial charge in [0.25, 0.3) is 0 Å². The van der Waals surface area contributed by atoms with Crippen LogP contribution in [0, 0.1) is 6.92 Å². The summed E-state index contributed by atoms with van der Waals surface area (Å²) in [7, 11) is 1.90. The Morgan fingerprint density at radius 2 is 2.08 bits per heavy atom. The maximum absolute atomic E-state index is 12.7. The summed E-state index contributed by atoms with van der Waals surface area (Å²) in [5, 5.41) is 8.41. The Labute approximate surface area is 156 Å². The van der Waals surface area contributed by atoms with Crippen LogP contribution in [0.1, 0.15) is 60.4 Å². The van der Waals surface area contributed by atoms with Crippen molar-refractivity contribution in [2.24, 2.45) is 7.05 Å². The van der Waals surface area contributed by atoms with Gasteiger partial charge in [0, 0.05) is 24.7 Å². The zero-order valence-electron chi connectivity index (χ0n) is 14.8. The number of anilines is 1. The van der Waals surface area contributed by atoms with Crippen LogP contribution in [0.15, 0.2) is 12.3 Å². The van der Waals surface area contributed by atoms with Crippen LogP contribution in [-0.4, -0.2) is 25.4 Å². The molecule has 0 saturated heterocycles. The van der Waals surface area contributed by atoms with Crippen LogP contribution < -0.4 is 5.32 Å². The van der Waals surface area contributed by atoms with Gasteiger partial charge in [0.15, 0.2) is 0 Å². The number of thioether (sulfide) groups is 1. The number of rotatable bonds is 2. The minimum atomic E-state index is -0.571. The molecule has 2 aliphatic rings. The number of nitrogens with one attached hydrogen (secondary N) is 1. The molecule has 2 aromatic heterocycles. The molecule has 3 heterocycles. The number of pyridine rings is 1. The maximum Gasteiger partial charge on any atom is 0.241 e. The largest absolute Gasteiger partial charge is 0.309 e. The first-order chi connectivity index (χ1) is 11.8. The van der Waals surface area contributed by atoms with Crippen molar-refractivity contribution in [2.75, 3.05) is 5.32 Å². The fourth-order valence-corrected chi connectivity index (χ4v) is 4.98. The van der Waals surface area contributed by atoms with Crippen LogP contribution in [0.25, 0.3) is 0 Å². The highest BCUT2D eigenvalue weighted by atomic mass is 35.5. The van der Waals surface area contributed by atoms with Crippen molar-refractivity contribution < 1.29 is 4.79 Å². The SMILES string of the molecule is Cc1cc(Cl)cnc1C1SC(C)(C)C(=O)Nc2c1c(C1CC1)nn2C. The number of nitrogens with zero attached hydrogens (tertiary/aromatic N) is 3. The minimum absolute atomic E-state index is 0.00165. The Balaban J connectivity index is 1.94. The van der Waals surface area contributed by atoms with Crippen molar-refractivity contribution in [3.63, 3.8) is 0 Å². The van der Waals surface area contributed by atoms with E-state index in [0.717, 1.165) is 41.2 Å². The quantitative estimate of drug-likeness (QED) is 0.852. The molecular weight excluding hydrogens is 356 g/mol. The Bertz CT molecular complexity index is 872. The van der Waals surface area contributed by atoms with Crippen LogP contribution in [0.5, 0.6) is 0 Å². The molecule has 0 aromatic carbocycles. The van der Waals surface area contributed by atoms with E-state index in [2.05, 4.69) is 10.3 Å². The number of aryl methyl sites for hydroxylation is 2. The predicted molar refractivity (Wildman–Crippen MR) is 101 cm³/mol. The van der Waals surface area contributed by atoms with E-state index in [9.17, 15) is 4.79 Å². The molecule has 25 heavy (non-hydrogen) atoms. The number of aromatic nitrogens is 3. The zero-order valence-corrected chi connectivity index (χ0v) is 16.3. The maximum atomic E-state index is 12.7. The lowest BCUT2D eigenvalue weighted by atomic mass is 10.0. The topological polar surface area (TPSA) is 59.8 Å². The molecule has 1 unspecified atom stereocenters. The summed E-state index contributed by atoms with van der Waals surface area (Å²) in [5.41, 5.74) is 4.19. The highest BCUT2D eigenvalue weighted by molar-refractivity contribution is 8.01. The zero-order chi connectivity index (χ0) is 17.9. The first-order valence-electron chi connectivity index (χ1n) is 8.46. The molecule has 1 saturated carbocycles. The number of halogens is 1. The first-order valence-corrected chi connectivity index (χ1v) is 9.72. The Morgan fingerprint density at radius 1 is 1.36 bits per heavy atom. The van der Waals surface area contributed by atoms with Gasteiger partial charge in [-0.15, -0.1) is 11.8 Å². The average Bonchev–Trinajstić information content (AvgIpc) is 3.32. The lowest BCUT2D eigenvalue weighted by Gasteiger charge is -2.25. The van der Waals surface area contributed by atoms with Crippen LogP contribution >= 0.6 is 23.4 Å². The molecule has 1 fully saturated rings. The second kappa shape index (κ2) is 5.74. The van der Waals surface area contributed by atoms with E-state index in [1.54, 1.807) is 22.6 Å². The molecule has 1 aliphatic heterocycles. The number of hydrogen-bond donors (Lipinski definition) is 1. The smallest absolute Gasteiger partial charge is 0.241 e. The third-order valence-corrected chi connectivity index (χ3v) is 6.54. The Morgan fingerprint density at radius 3 is 2.72 bits per heavy atom. The number of carbonyl (C=O) groups is 1. The second-order valence-electron chi connectivity index (χ2n) is 7.36. The molecule has 7 heteroatoms. The van der Waals surface area contributed by atoms with Gasteiger partial charge in [-0.25, -0.2) is 0 Å². The summed E-state index contributed by atoms with van der Waals surface area (Å²) in [6, 6.07) is 1.93. The number of amides is 1. The van der Waals surface area contributed by atoms with Crippen LogP contribution in [0.2, 0.25) is 5.02 Å². The van der Waals surface area contributed by atoms with E-state index < -0.39 is 4.75 Å². The van der Waals surface area contributed by atoms with Gasteiger partial charge in [-0.3, -0.25) is 14.5 Å². The molecule has 5 nitrogen and oxygen atoms in total. The average molecular weight is 377 g/mol. The van der Waals surface area contributed by atoms with Gasteiger partial charge < -0.3 is 5.32 Å². The summed E-state index contributed by atoms with van der Waals surface area (Å²) >= 11 is 7.75. The number of carbonyl (C=O) groups excluding carboxylic acids is 1. The highest BCUT2D eigenvalue weighted by Gasteiger charge is 2.43. The van der Waals surface area contributed by atoms with Crippen molar-refractivity contribution in [3.8, 4) is 0 Å². The highest BCUT2D eigenvalue weighted by Crippen LogP contribution is 2.53. The van der Waals surface area contributed by atoms with Crippen molar-refractivity contribution in [3.05, 3.63) is 39.8 Å². The van der Waals surface area contributed by atoms with Gasteiger partial charge >= 0.3 is 0 Å². The molecule has 0 spiro atoms. The predicted octanol–water partition coefficient (Wildman–Crippen LogP) is 4.21. The summed E-state index contributed by atoms with van der Waals surface area (Å²) in [6.45, 7) is 5.94. The molecule has 0 radical (unpaired) electrons. The molecule has 1 amide bonds. The first kappa shape index (κ1) is 16.9. The summed E-state index contributed by atoms with van der Waals surface area (Å²) in [4.78, 5) is 17.4. The van der Waals surface area contributed by atoms with E-state index in [4.69, 9.17) is 16.7 Å². The minimum Gasteiger partial charge on any atom is -0.309 e. The van der Waals surface area contributed by atoms with Gasteiger partial charge in [0.05, 0.1) is 26.4 Å². The van der Waals surface area contributed by atoms with Gasteiger partial charge in [0.1, 0.15) is 5.82 Å². The van der Waals surface area contributed by atoms with E-state index in [1.807, 2.05) is 33.9 Å². The van der Waals surface area contributed by atoms with Crippen LogP contribution in [0.4, 0.5) is 5.82 Å².